The van der Waals surface area contributed by atoms with E-state index < -0.39 is 10.8 Å². The lowest BCUT2D eigenvalue weighted by atomic mass is 10.2. The average molecular weight is 333 g/mol. The number of anilines is 2. The quantitative estimate of drug-likeness (QED) is 0.649. The van der Waals surface area contributed by atoms with Crippen LogP contribution in [0.5, 0.6) is 5.75 Å². The Hall–Kier alpha value is -3.16. The lowest BCUT2D eigenvalue weighted by molar-refractivity contribution is -0.384. The van der Waals surface area contributed by atoms with Crippen LogP contribution in [0.2, 0.25) is 0 Å². The number of nitro benzene ring substituents is 1. The first-order valence-corrected chi connectivity index (χ1v) is 6.99. The van der Waals surface area contributed by atoms with Crippen LogP contribution in [-0.2, 0) is 4.79 Å². The predicted molar refractivity (Wildman–Crippen MR) is 87.9 cm³/mol. The van der Waals surface area contributed by atoms with E-state index in [2.05, 4.69) is 5.32 Å². The molecule has 2 aromatic carbocycles. The number of hydrogen-bond acceptors (Lipinski definition) is 5. The van der Waals surface area contributed by atoms with Gasteiger partial charge in [-0.1, -0.05) is 0 Å². The van der Waals surface area contributed by atoms with E-state index in [1.54, 1.807) is 24.1 Å². The standard InChI is InChI=1S/C16H16FN3O4/c1-19(12-5-3-11(17)4-6-12)10-16(21)18-14-8-7-13(24-2)9-15(14)20(22)23/h3-9H,10H2,1-2H3,(H,18,21). The smallest absolute Gasteiger partial charge is 0.296 e. The minimum atomic E-state index is -0.595. The third-order valence-electron chi connectivity index (χ3n) is 3.32. The van der Waals surface area contributed by atoms with Gasteiger partial charge in [-0.25, -0.2) is 4.39 Å². The second-order valence-electron chi connectivity index (χ2n) is 5.02. The van der Waals surface area contributed by atoms with Crippen LogP contribution in [0.1, 0.15) is 0 Å². The van der Waals surface area contributed by atoms with Gasteiger partial charge in [0.2, 0.25) is 5.91 Å². The highest BCUT2D eigenvalue weighted by molar-refractivity contribution is 5.96. The molecular formula is C16H16FN3O4. The van der Waals surface area contributed by atoms with Gasteiger partial charge in [-0.2, -0.15) is 0 Å². The molecule has 0 unspecified atom stereocenters. The number of nitrogens with zero attached hydrogens (tertiary/aromatic N) is 2. The van der Waals surface area contributed by atoms with Crippen molar-refractivity contribution in [1.29, 1.82) is 0 Å². The summed E-state index contributed by atoms with van der Waals surface area (Å²) in [7, 11) is 3.06. The van der Waals surface area contributed by atoms with Crippen LogP contribution in [0.15, 0.2) is 42.5 Å². The molecule has 0 aliphatic carbocycles. The van der Waals surface area contributed by atoms with Gasteiger partial charge in [-0.15, -0.1) is 0 Å². The molecule has 0 saturated carbocycles. The first-order chi connectivity index (χ1) is 11.4. The number of ether oxygens (including phenoxy) is 1. The number of halogens is 1. The number of nitrogens with one attached hydrogen (secondary N) is 1. The van der Waals surface area contributed by atoms with Crippen LogP contribution >= 0.6 is 0 Å². The van der Waals surface area contributed by atoms with Crippen molar-refractivity contribution in [3.05, 3.63) is 58.4 Å². The molecule has 0 atom stereocenters. The molecule has 0 fully saturated rings. The summed E-state index contributed by atoms with van der Waals surface area (Å²) in [6, 6.07) is 9.82. The van der Waals surface area contributed by atoms with Crippen LogP contribution in [0.3, 0.4) is 0 Å². The van der Waals surface area contributed by atoms with Crippen molar-refractivity contribution >= 4 is 23.0 Å². The van der Waals surface area contributed by atoms with Gasteiger partial charge in [-0.05, 0) is 36.4 Å². The van der Waals surface area contributed by atoms with E-state index in [1.165, 1.54) is 37.4 Å². The van der Waals surface area contributed by atoms with E-state index in [0.29, 0.717) is 11.4 Å². The van der Waals surface area contributed by atoms with E-state index in [0.717, 1.165) is 0 Å². The fourth-order valence-corrected chi connectivity index (χ4v) is 2.09. The van der Waals surface area contributed by atoms with Gasteiger partial charge in [-0.3, -0.25) is 14.9 Å². The third kappa shape index (κ3) is 4.19. The van der Waals surface area contributed by atoms with Gasteiger partial charge >= 0.3 is 0 Å². The number of carbonyl (C=O) groups is 1. The van der Waals surface area contributed by atoms with E-state index in [1.807, 2.05) is 0 Å². The summed E-state index contributed by atoms with van der Waals surface area (Å²) < 4.78 is 17.9. The lowest BCUT2D eigenvalue weighted by Crippen LogP contribution is -2.30. The van der Waals surface area contributed by atoms with Crippen molar-refractivity contribution in [3.8, 4) is 5.75 Å². The third-order valence-corrected chi connectivity index (χ3v) is 3.32. The maximum Gasteiger partial charge on any atom is 0.296 e. The fourth-order valence-electron chi connectivity index (χ4n) is 2.09. The largest absolute Gasteiger partial charge is 0.496 e. The molecule has 0 aromatic heterocycles. The summed E-state index contributed by atoms with van der Waals surface area (Å²) >= 11 is 0. The molecule has 24 heavy (non-hydrogen) atoms. The fraction of sp³-hybridized carbons (Fsp3) is 0.188. The molecule has 2 aromatic rings. The first kappa shape index (κ1) is 17.2. The van der Waals surface area contributed by atoms with Crippen molar-refractivity contribution in [2.24, 2.45) is 0 Å². The van der Waals surface area contributed by atoms with Crippen molar-refractivity contribution in [1.82, 2.24) is 0 Å². The number of hydrogen-bond donors (Lipinski definition) is 1. The maximum atomic E-state index is 12.9. The van der Waals surface area contributed by atoms with Gasteiger partial charge in [0, 0.05) is 12.7 Å². The Morgan fingerprint density at radius 3 is 2.54 bits per heavy atom. The van der Waals surface area contributed by atoms with Gasteiger partial charge in [0.1, 0.15) is 17.3 Å². The normalized spacial score (nSPS) is 10.1. The van der Waals surface area contributed by atoms with E-state index in [9.17, 15) is 19.3 Å². The minimum Gasteiger partial charge on any atom is -0.496 e. The average Bonchev–Trinajstić information content (AvgIpc) is 2.55. The summed E-state index contributed by atoms with van der Waals surface area (Å²) in [5.41, 5.74) is 0.473. The number of carbonyl (C=O) groups excluding carboxylic acids is 1. The highest BCUT2D eigenvalue weighted by Crippen LogP contribution is 2.29. The second kappa shape index (κ2) is 7.40. The van der Waals surface area contributed by atoms with E-state index in [4.69, 9.17) is 4.74 Å². The van der Waals surface area contributed by atoms with Crippen molar-refractivity contribution in [2.75, 3.05) is 30.9 Å². The van der Waals surface area contributed by atoms with E-state index in [-0.39, 0.29) is 23.7 Å². The molecule has 1 amide bonds. The molecule has 1 N–H and O–H groups in total. The molecule has 0 aliphatic rings. The lowest BCUT2D eigenvalue weighted by Gasteiger charge is -2.18. The molecule has 8 heteroatoms. The molecular weight excluding hydrogens is 317 g/mol. The van der Waals surface area contributed by atoms with Crippen LogP contribution in [-0.4, -0.2) is 31.5 Å². The monoisotopic (exact) mass is 333 g/mol. The van der Waals surface area contributed by atoms with E-state index >= 15 is 0 Å². The van der Waals surface area contributed by atoms with Crippen molar-refractivity contribution in [3.63, 3.8) is 0 Å². The van der Waals surface area contributed by atoms with Crippen molar-refractivity contribution < 1.29 is 18.8 Å². The van der Waals surface area contributed by atoms with Crippen LogP contribution in [0, 0.1) is 15.9 Å². The highest BCUT2D eigenvalue weighted by atomic mass is 19.1. The van der Waals surface area contributed by atoms with Gasteiger partial charge < -0.3 is 15.0 Å². The predicted octanol–water partition coefficient (Wildman–Crippen LogP) is 2.82. The Bertz CT molecular complexity index is 749. The first-order valence-electron chi connectivity index (χ1n) is 6.99. The highest BCUT2D eigenvalue weighted by Gasteiger charge is 2.18. The SMILES string of the molecule is COc1ccc(NC(=O)CN(C)c2ccc(F)cc2)c([N+](=O)[O-])c1. The van der Waals surface area contributed by atoms with Crippen LogP contribution in [0.25, 0.3) is 0 Å². The Labute approximate surface area is 137 Å². The number of benzene rings is 2. The molecule has 0 aliphatic heterocycles. The number of nitro groups is 1. The van der Waals surface area contributed by atoms with Crippen molar-refractivity contribution in [2.45, 2.75) is 0 Å². The number of rotatable bonds is 6. The Morgan fingerprint density at radius 1 is 1.29 bits per heavy atom. The number of likely N-dealkylation sites (N-methyl/N-ethyl adjacent to an activating group) is 1. The summed E-state index contributed by atoms with van der Waals surface area (Å²) in [6.07, 6.45) is 0. The molecule has 0 spiro atoms. The second-order valence-corrected chi connectivity index (χ2v) is 5.02. The zero-order valence-corrected chi connectivity index (χ0v) is 13.2. The minimum absolute atomic E-state index is 0.0468. The van der Waals surface area contributed by atoms with Gasteiger partial charge in [0.05, 0.1) is 24.6 Å². The zero-order chi connectivity index (χ0) is 17.7. The summed E-state index contributed by atoms with van der Waals surface area (Å²) in [4.78, 5) is 24.2. The summed E-state index contributed by atoms with van der Waals surface area (Å²) in [6.45, 7) is -0.0468. The Kier molecular flexibility index (Phi) is 5.31. The maximum absolute atomic E-state index is 12.9. The topological polar surface area (TPSA) is 84.7 Å². The van der Waals surface area contributed by atoms with Crippen LogP contribution < -0.4 is 15.0 Å². The molecule has 0 bridgehead atoms. The number of amides is 1. The van der Waals surface area contributed by atoms with Gasteiger partial charge in [0.25, 0.3) is 5.69 Å². The zero-order valence-electron chi connectivity index (χ0n) is 13.2. The molecule has 0 heterocycles. The molecule has 0 saturated heterocycles. The Balaban J connectivity index is 2.09. The molecule has 126 valence electrons. The Morgan fingerprint density at radius 2 is 1.96 bits per heavy atom. The molecule has 2 rings (SSSR count). The van der Waals surface area contributed by atoms with Gasteiger partial charge in [0.15, 0.2) is 0 Å². The summed E-state index contributed by atoms with van der Waals surface area (Å²) in [5.74, 6) is -0.483. The summed E-state index contributed by atoms with van der Waals surface area (Å²) in [5, 5.41) is 13.6. The van der Waals surface area contributed by atoms with Crippen LogP contribution in [0.4, 0.5) is 21.5 Å². The number of methoxy groups -OCH3 is 1. The molecule has 0 radical (unpaired) electrons. The molecule has 7 nitrogen and oxygen atoms in total.